The van der Waals surface area contributed by atoms with Gasteiger partial charge in [-0.3, -0.25) is 4.90 Å². The van der Waals surface area contributed by atoms with Crippen LogP contribution in [0.25, 0.3) is 0 Å². The molecule has 0 bridgehead atoms. The maximum atomic E-state index is 6.02. The molecule has 0 amide bonds. The molecule has 0 radical (unpaired) electrons. The highest BCUT2D eigenvalue weighted by molar-refractivity contribution is 9.10. The molecule has 0 spiro atoms. The number of nitrogens with zero attached hydrogens (tertiary/aromatic N) is 1. The van der Waals surface area contributed by atoms with Gasteiger partial charge in [0.1, 0.15) is 0 Å². The monoisotopic (exact) mass is 330 g/mol. The van der Waals surface area contributed by atoms with Crippen molar-refractivity contribution in [2.24, 2.45) is 11.7 Å². The highest BCUT2D eigenvalue weighted by atomic mass is 79.9. The summed E-state index contributed by atoms with van der Waals surface area (Å²) in [5.41, 5.74) is 6.02. The van der Waals surface area contributed by atoms with Gasteiger partial charge in [0.2, 0.25) is 0 Å². The van der Waals surface area contributed by atoms with Gasteiger partial charge in [0.05, 0.1) is 0 Å². The molecule has 1 aromatic rings. The van der Waals surface area contributed by atoms with E-state index >= 15 is 0 Å². The van der Waals surface area contributed by atoms with E-state index in [0.717, 1.165) is 19.0 Å². The summed E-state index contributed by atoms with van der Waals surface area (Å²) in [6.07, 6.45) is 6.91. The van der Waals surface area contributed by atoms with Crippen molar-refractivity contribution in [2.75, 3.05) is 13.6 Å². The number of hydrogen-bond acceptors (Lipinski definition) is 3. The Morgan fingerprint density at radius 1 is 1.44 bits per heavy atom. The highest BCUT2D eigenvalue weighted by Gasteiger charge is 2.25. The van der Waals surface area contributed by atoms with E-state index in [1.807, 2.05) is 11.3 Å². The van der Waals surface area contributed by atoms with Crippen LogP contribution in [0.4, 0.5) is 0 Å². The van der Waals surface area contributed by atoms with Crippen molar-refractivity contribution in [3.63, 3.8) is 0 Å². The minimum absolute atomic E-state index is 0.547. The van der Waals surface area contributed by atoms with Gasteiger partial charge >= 0.3 is 0 Å². The van der Waals surface area contributed by atoms with Crippen molar-refractivity contribution < 1.29 is 0 Å². The summed E-state index contributed by atoms with van der Waals surface area (Å²) in [6.45, 7) is 1.81. The zero-order chi connectivity index (χ0) is 13.0. The normalized spacial score (nSPS) is 19.3. The number of halogens is 1. The third kappa shape index (κ3) is 3.80. The van der Waals surface area contributed by atoms with Gasteiger partial charge in [-0.2, -0.15) is 0 Å². The summed E-state index contributed by atoms with van der Waals surface area (Å²) in [5.74, 6) is 0.803. The summed E-state index contributed by atoms with van der Waals surface area (Å²) >= 11 is 5.34. The second-order valence-corrected chi connectivity index (χ2v) is 7.26. The van der Waals surface area contributed by atoms with Crippen LogP contribution in [0.15, 0.2) is 15.9 Å². The second kappa shape index (κ2) is 7.04. The van der Waals surface area contributed by atoms with Gasteiger partial charge in [-0.05, 0) is 47.8 Å². The van der Waals surface area contributed by atoms with E-state index in [2.05, 4.69) is 39.3 Å². The first kappa shape index (κ1) is 14.5. The molecular formula is C14H23BrN2S. The average Bonchev–Trinajstić information content (AvgIpc) is 2.77. The maximum absolute atomic E-state index is 6.02. The summed E-state index contributed by atoms with van der Waals surface area (Å²) in [4.78, 5) is 3.87. The molecule has 2 N–H and O–H groups in total. The second-order valence-electron chi connectivity index (χ2n) is 5.35. The fourth-order valence-electron chi connectivity index (χ4n) is 3.05. The minimum atomic E-state index is 0.547. The average molecular weight is 331 g/mol. The Bertz CT molecular complexity index is 360. The Hall–Kier alpha value is 0.1000. The van der Waals surface area contributed by atoms with Crippen molar-refractivity contribution >= 4 is 27.3 Å². The van der Waals surface area contributed by atoms with Crippen molar-refractivity contribution in [2.45, 2.75) is 44.7 Å². The number of nitrogens with two attached hydrogens (primary N) is 1. The fourth-order valence-corrected chi connectivity index (χ4v) is 4.56. The number of rotatable bonds is 5. The van der Waals surface area contributed by atoms with E-state index in [4.69, 9.17) is 5.73 Å². The summed E-state index contributed by atoms with van der Waals surface area (Å²) in [6, 6.07) is 2.77. The van der Waals surface area contributed by atoms with Crippen LogP contribution in [0, 0.1) is 5.92 Å². The Morgan fingerprint density at radius 3 is 2.72 bits per heavy atom. The summed E-state index contributed by atoms with van der Waals surface area (Å²) < 4.78 is 1.19. The largest absolute Gasteiger partial charge is 0.329 e. The molecule has 1 heterocycles. The Balaban J connectivity index is 1.93. The summed E-state index contributed by atoms with van der Waals surface area (Å²) in [5, 5.41) is 2.15. The van der Waals surface area contributed by atoms with Crippen LogP contribution in [-0.2, 0) is 6.54 Å². The van der Waals surface area contributed by atoms with E-state index < -0.39 is 0 Å². The highest BCUT2D eigenvalue weighted by Crippen LogP contribution is 2.29. The molecule has 1 atom stereocenters. The lowest BCUT2D eigenvalue weighted by molar-refractivity contribution is 0.144. The zero-order valence-electron chi connectivity index (χ0n) is 11.1. The fraction of sp³-hybridized carbons (Fsp3) is 0.714. The van der Waals surface area contributed by atoms with E-state index in [1.54, 1.807) is 0 Å². The Morgan fingerprint density at radius 2 is 2.17 bits per heavy atom. The van der Waals surface area contributed by atoms with Crippen LogP contribution >= 0.6 is 27.3 Å². The Labute approximate surface area is 123 Å². The Kier molecular flexibility index (Phi) is 5.67. The molecule has 1 aliphatic carbocycles. The van der Waals surface area contributed by atoms with Gasteiger partial charge < -0.3 is 5.73 Å². The lowest BCUT2D eigenvalue weighted by atomic mass is 9.83. The van der Waals surface area contributed by atoms with Crippen LogP contribution in [0.1, 0.15) is 37.0 Å². The van der Waals surface area contributed by atoms with Gasteiger partial charge in [-0.25, -0.2) is 0 Å². The van der Waals surface area contributed by atoms with E-state index in [9.17, 15) is 0 Å². The topological polar surface area (TPSA) is 29.3 Å². The molecule has 102 valence electrons. The van der Waals surface area contributed by atoms with E-state index in [0.29, 0.717) is 6.04 Å². The minimum Gasteiger partial charge on any atom is -0.329 e. The number of thiophene rings is 1. The van der Waals surface area contributed by atoms with Crippen LogP contribution in [0.5, 0.6) is 0 Å². The standard InChI is InChI=1S/C14H23BrN2S/c1-17(9-13-7-12(15)10-18-13)14(8-16)11-5-3-2-4-6-11/h7,10-11,14H,2-6,8-9,16H2,1H3. The molecule has 0 aromatic carbocycles. The molecule has 1 unspecified atom stereocenters. The summed E-state index contributed by atoms with van der Waals surface area (Å²) in [7, 11) is 2.22. The number of likely N-dealkylation sites (N-methyl/N-ethyl adjacent to an activating group) is 1. The van der Waals surface area contributed by atoms with Gasteiger partial charge in [0, 0.05) is 33.9 Å². The predicted molar refractivity (Wildman–Crippen MR) is 82.9 cm³/mol. The van der Waals surface area contributed by atoms with Crippen LogP contribution < -0.4 is 5.73 Å². The molecule has 0 aliphatic heterocycles. The van der Waals surface area contributed by atoms with Gasteiger partial charge in [0.15, 0.2) is 0 Å². The molecule has 2 rings (SSSR count). The van der Waals surface area contributed by atoms with Crippen LogP contribution in [-0.4, -0.2) is 24.5 Å². The van der Waals surface area contributed by atoms with Crippen LogP contribution in [0.2, 0.25) is 0 Å². The van der Waals surface area contributed by atoms with E-state index in [1.165, 1.54) is 41.5 Å². The zero-order valence-corrected chi connectivity index (χ0v) is 13.5. The molecule has 2 nitrogen and oxygen atoms in total. The van der Waals surface area contributed by atoms with Crippen molar-refractivity contribution in [1.29, 1.82) is 0 Å². The molecule has 1 saturated carbocycles. The lowest BCUT2D eigenvalue weighted by Gasteiger charge is -2.35. The SMILES string of the molecule is CN(Cc1cc(Br)cs1)C(CN)C1CCCCC1. The molecule has 1 aromatic heterocycles. The quantitative estimate of drug-likeness (QED) is 0.888. The maximum Gasteiger partial charge on any atom is 0.0328 e. The molecule has 18 heavy (non-hydrogen) atoms. The molecule has 1 fully saturated rings. The lowest BCUT2D eigenvalue weighted by Crippen LogP contribution is -2.43. The van der Waals surface area contributed by atoms with Crippen molar-refractivity contribution in [3.05, 3.63) is 20.8 Å². The first-order valence-electron chi connectivity index (χ1n) is 6.84. The van der Waals surface area contributed by atoms with Gasteiger partial charge in [-0.1, -0.05) is 19.3 Å². The molecule has 4 heteroatoms. The molecule has 1 aliphatic rings. The number of hydrogen-bond donors (Lipinski definition) is 1. The van der Waals surface area contributed by atoms with Crippen molar-refractivity contribution in [1.82, 2.24) is 4.90 Å². The first-order chi connectivity index (χ1) is 8.70. The van der Waals surface area contributed by atoms with Crippen LogP contribution in [0.3, 0.4) is 0 Å². The van der Waals surface area contributed by atoms with Gasteiger partial charge in [0.25, 0.3) is 0 Å². The molecule has 0 saturated heterocycles. The van der Waals surface area contributed by atoms with E-state index in [-0.39, 0.29) is 0 Å². The van der Waals surface area contributed by atoms with Crippen molar-refractivity contribution in [3.8, 4) is 0 Å². The third-order valence-electron chi connectivity index (χ3n) is 4.03. The predicted octanol–water partition coefficient (Wildman–Crippen LogP) is 3.85. The smallest absolute Gasteiger partial charge is 0.0328 e. The molecular weight excluding hydrogens is 308 g/mol. The van der Waals surface area contributed by atoms with Gasteiger partial charge in [-0.15, -0.1) is 11.3 Å². The third-order valence-corrected chi connectivity index (χ3v) is 5.71. The first-order valence-corrected chi connectivity index (χ1v) is 8.51.